The fraction of sp³-hybridized carbons (Fsp3) is 0.400. The number of furan rings is 2. The average molecular weight is 275 g/mol. The van der Waals surface area contributed by atoms with Crippen molar-refractivity contribution in [1.29, 1.82) is 0 Å². The molecule has 1 amide bonds. The zero-order valence-electron chi connectivity index (χ0n) is 11.4. The van der Waals surface area contributed by atoms with Crippen molar-refractivity contribution in [3.05, 3.63) is 47.8 Å². The van der Waals surface area contributed by atoms with Gasteiger partial charge in [-0.2, -0.15) is 0 Å². The number of ether oxygens (including phenoxy) is 1. The Kier molecular flexibility index (Phi) is 3.60. The van der Waals surface area contributed by atoms with Gasteiger partial charge in [0, 0.05) is 13.7 Å². The summed E-state index contributed by atoms with van der Waals surface area (Å²) in [5.74, 6) is 1.60. The predicted octanol–water partition coefficient (Wildman–Crippen LogP) is 3.00. The van der Waals surface area contributed by atoms with Gasteiger partial charge in [0.05, 0.1) is 17.9 Å². The highest BCUT2D eigenvalue weighted by atomic mass is 16.5. The molecule has 0 aromatic carbocycles. The standard InChI is InChI=1S/C15H17NO4/c1-18-10-12-4-5-14(20-12)13-3-2-7-16(13)15(17)11-6-8-19-9-11/h4-6,8-9,13H,2-3,7,10H2,1H3/t13-/m0/s1. The van der Waals surface area contributed by atoms with Crippen molar-refractivity contribution in [2.45, 2.75) is 25.5 Å². The van der Waals surface area contributed by atoms with Gasteiger partial charge in [0.25, 0.3) is 5.91 Å². The minimum absolute atomic E-state index is 0.00278. The summed E-state index contributed by atoms with van der Waals surface area (Å²) in [6, 6.07) is 5.52. The van der Waals surface area contributed by atoms with Gasteiger partial charge in [-0.15, -0.1) is 0 Å². The predicted molar refractivity (Wildman–Crippen MR) is 71.1 cm³/mol. The van der Waals surface area contributed by atoms with E-state index in [-0.39, 0.29) is 11.9 Å². The van der Waals surface area contributed by atoms with Crippen LogP contribution in [0, 0.1) is 0 Å². The van der Waals surface area contributed by atoms with Crippen LogP contribution < -0.4 is 0 Å². The first-order valence-corrected chi connectivity index (χ1v) is 6.70. The van der Waals surface area contributed by atoms with E-state index in [4.69, 9.17) is 13.6 Å². The molecular weight excluding hydrogens is 258 g/mol. The largest absolute Gasteiger partial charge is 0.472 e. The summed E-state index contributed by atoms with van der Waals surface area (Å²) in [6.07, 6.45) is 4.90. The zero-order valence-corrected chi connectivity index (χ0v) is 11.4. The van der Waals surface area contributed by atoms with Gasteiger partial charge < -0.3 is 18.5 Å². The molecule has 0 aliphatic carbocycles. The first-order valence-electron chi connectivity index (χ1n) is 6.70. The van der Waals surface area contributed by atoms with E-state index in [2.05, 4.69) is 0 Å². The van der Waals surface area contributed by atoms with Crippen molar-refractivity contribution in [2.75, 3.05) is 13.7 Å². The van der Waals surface area contributed by atoms with Gasteiger partial charge in [-0.05, 0) is 31.0 Å². The third-order valence-electron chi connectivity index (χ3n) is 3.58. The van der Waals surface area contributed by atoms with Crippen LogP contribution in [0.2, 0.25) is 0 Å². The number of likely N-dealkylation sites (tertiary alicyclic amines) is 1. The van der Waals surface area contributed by atoms with E-state index < -0.39 is 0 Å². The highest BCUT2D eigenvalue weighted by Crippen LogP contribution is 2.34. The van der Waals surface area contributed by atoms with Crippen LogP contribution in [-0.4, -0.2) is 24.5 Å². The van der Waals surface area contributed by atoms with Crippen molar-refractivity contribution in [2.24, 2.45) is 0 Å². The summed E-state index contributed by atoms with van der Waals surface area (Å²) < 4.78 is 15.8. The molecule has 0 N–H and O–H groups in total. The second-order valence-electron chi connectivity index (χ2n) is 4.91. The minimum atomic E-state index is -0.00839. The smallest absolute Gasteiger partial charge is 0.257 e. The average Bonchev–Trinajstić information content (AvgIpc) is 3.19. The van der Waals surface area contributed by atoms with E-state index in [0.717, 1.165) is 30.9 Å². The van der Waals surface area contributed by atoms with Crippen LogP contribution >= 0.6 is 0 Å². The molecule has 1 atom stereocenters. The van der Waals surface area contributed by atoms with E-state index in [1.54, 1.807) is 13.2 Å². The Morgan fingerprint density at radius 2 is 2.35 bits per heavy atom. The number of carbonyl (C=O) groups is 1. The van der Waals surface area contributed by atoms with Crippen molar-refractivity contribution in [1.82, 2.24) is 4.90 Å². The Hall–Kier alpha value is -2.01. The second kappa shape index (κ2) is 5.54. The molecule has 2 aromatic rings. The highest BCUT2D eigenvalue weighted by molar-refractivity contribution is 5.94. The van der Waals surface area contributed by atoms with Crippen molar-refractivity contribution in [3.63, 3.8) is 0 Å². The molecule has 5 nitrogen and oxygen atoms in total. The summed E-state index contributed by atoms with van der Waals surface area (Å²) >= 11 is 0. The summed E-state index contributed by atoms with van der Waals surface area (Å²) in [5.41, 5.74) is 0.584. The molecule has 1 saturated heterocycles. The van der Waals surface area contributed by atoms with Crippen molar-refractivity contribution >= 4 is 5.91 Å². The molecule has 0 saturated carbocycles. The van der Waals surface area contributed by atoms with Crippen molar-refractivity contribution < 1.29 is 18.4 Å². The van der Waals surface area contributed by atoms with E-state index in [0.29, 0.717) is 12.2 Å². The maximum atomic E-state index is 12.4. The first kappa shape index (κ1) is 13.0. The molecular formula is C15H17NO4. The number of amides is 1. The summed E-state index contributed by atoms with van der Waals surface area (Å²) in [7, 11) is 1.63. The van der Waals surface area contributed by atoms with Crippen LogP contribution in [0.1, 0.15) is 40.8 Å². The van der Waals surface area contributed by atoms with E-state index in [1.807, 2.05) is 17.0 Å². The van der Waals surface area contributed by atoms with Crippen LogP contribution in [0.4, 0.5) is 0 Å². The third-order valence-corrected chi connectivity index (χ3v) is 3.58. The van der Waals surface area contributed by atoms with Gasteiger partial charge in [-0.25, -0.2) is 0 Å². The third kappa shape index (κ3) is 2.36. The number of methoxy groups -OCH3 is 1. The number of rotatable bonds is 4. The number of hydrogen-bond acceptors (Lipinski definition) is 4. The van der Waals surface area contributed by atoms with Crippen LogP contribution in [-0.2, 0) is 11.3 Å². The Morgan fingerprint density at radius 3 is 3.10 bits per heavy atom. The molecule has 1 fully saturated rings. The van der Waals surface area contributed by atoms with E-state index in [1.165, 1.54) is 12.5 Å². The Bertz CT molecular complexity index is 572. The van der Waals surface area contributed by atoms with Gasteiger partial charge in [0.2, 0.25) is 0 Å². The van der Waals surface area contributed by atoms with Gasteiger partial charge in [-0.1, -0.05) is 0 Å². The number of carbonyl (C=O) groups excluding carboxylic acids is 1. The van der Waals surface area contributed by atoms with E-state index >= 15 is 0 Å². The van der Waals surface area contributed by atoms with Gasteiger partial charge in [0.15, 0.2) is 0 Å². The molecule has 3 heterocycles. The molecule has 20 heavy (non-hydrogen) atoms. The molecule has 3 rings (SSSR count). The lowest BCUT2D eigenvalue weighted by Gasteiger charge is -2.22. The molecule has 0 radical (unpaired) electrons. The van der Waals surface area contributed by atoms with Gasteiger partial charge in [-0.3, -0.25) is 4.79 Å². The van der Waals surface area contributed by atoms with Crippen LogP contribution in [0.15, 0.2) is 39.6 Å². The monoisotopic (exact) mass is 275 g/mol. The summed E-state index contributed by atoms with van der Waals surface area (Å²) in [4.78, 5) is 14.3. The summed E-state index contributed by atoms with van der Waals surface area (Å²) in [5, 5.41) is 0. The molecule has 0 bridgehead atoms. The maximum Gasteiger partial charge on any atom is 0.257 e. The van der Waals surface area contributed by atoms with Crippen LogP contribution in [0.5, 0.6) is 0 Å². The first-order chi connectivity index (χ1) is 9.79. The molecule has 0 unspecified atom stereocenters. The lowest BCUT2D eigenvalue weighted by Crippen LogP contribution is -2.30. The van der Waals surface area contributed by atoms with Crippen LogP contribution in [0.3, 0.4) is 0 Å². The molecule has 1 aliphatic rings. The molecule has 2 aromatic heterocycles. The lowest BCUT2D eigenvalue weighted by molar-refractivity contribution is 0.0715. The quantitative estimate of drug-likeness (QED) is 0.860. The minimum Gasteiger partial charge on any atom is -0.472 e. The molecule has 1 aliphatic heterocycles. The normalized spacial score (nSPS) is 18.6. The molecule has 106 valence electrons. The second-order valence-corrected chi connectivity index (χ2v) is 4.91. The highest BCUT2D eigenvalue weighted by Gasteiger charge is 2.33. The Balaban J connectivity index is 1.79. The maximum absolute atomic E-state index is 12.4. The fourth-order valence-corrected chi connectivity index (χ4v) is 2.65. The number of nitrogens with zero attached hydrogens (tertiary/aromatic N) is 1. The Morgan fingerprint density at radius 1 is 1.45 bits per heavy atom. The zero-order chi connectivity index (χ0) is 13.9. The Labute approximate surface area is 117 Å². The van der Waals surface area contributed by atoms with Crippen LogP contribution in [0.25, 0.3) is 0 Å². The number of hydrogen-bond donors (Lipinski definition) is 0. The van der Waals surface area contributed by atoms with Gasteiger partial charge in [0.1, 0.15) is 24.4 Å². The summed E-state index contributed by atoms with van der Waals surface area (Å²) in [6.45, 7) is 1.19. The lowest BCUT2D eigenvalue weighted by atomic mass is 10.1. The van der Waals surface area contributed by atoms with E-state index in [9.17, 15) is 4.79 Å². The van der Waals surface area contributed by atoms with Crippen molar-refractivity contribution in [3.8, 4) is 0 Å². The molecule has 5 heteroatoms. The molecule has 0 spiro atoms. The fourth-order valence-electron chi connectivity index (χ4n) is 2.65. The topological polar surface area (TPSA) is 55.8 Å². The van der Waals surface area contributed by atoms with Gasteiger partial charge >= 0.3 is 0 Å². The SMILES string of the molecule is COCc1ccc([C@@H]2CCCN2C(=O)c2ccoc2)o1.